The summed E-state index contributed by atoms with van der Waals surface area (Å²) < 4.78 is 4.62. The molecule has 0 rings (SSSR count). The maximum atomic E-state index is 10.4. The number of hydrogen-bond donors (Lipinski definition) is 0. The van der Waals surface area contributed by atoms with Crippen LogP contribution in [0.4, 0.5) is 0 Å². The molecule has 0 unspecified atom stereocenters. The molecule has 0 heterocycles. The van der Waals surface area contributed by atoms with E-state index in [0.29, 0.717) is 0 Å². The number of hydrogen-bond acceptors (Lipinski definition) is 3. The molecule has 0 aromatic carbocycles. The van der Waals surface area contributed by atoms with Crippen LogP contribution in [0.5, 0.6) is 0 Å². The van der Waals surface area contributed by atoms with Gasteiger partial charge in [-0.2, -0.15) is 0 Å². The molecule has 4 heteroatoms. The Hall–Kier alpha value is -1.03. The van der Waals surface area contributed by atoms with Crippen molar-refractivity contribution in [1.29, 1.82) is 0 Å². The fourth-order valence-electron chi connectivity index (χ4n) is 0.362. The van der Waals surface area contributed by atoms with E-state index < -0.39 is 14.4 Å². The molecule has 0 radical (unpaired) electrons. The Labute approximate surface area is 66.9 Å². The van der Waals surface area contributed by atoms with Crippen LogP contribution in [0, 0.1) is 0 Å². The summed E-state index contributed by atoms with van der Waals surface area (Å²) in [5.74, 6) is 0.425. The highest BCUT2D eigenvalue weighted by Gasteiger charge is 1.91. The van der Waals surface area contributed by atoms with Crippen LogP contribution in [-0.2, 0) is 14.3 Å². The maximum absolute atomic E-state index is 10.4. The average molecular weight is 170 g/mol. The predicted octanol–water partition coefficient (Wildman–Crippen LogP) is -0.00400. The first kappa shape index (κ1) is 9.97. The van der Waals surface area contributed by atoms with E-state index >= 15 is 0 Å². The van der Waals surface area contributed by atoms with E-state index in [4.69, 9.17) is 0 Å². The van der Waals surface area contributed by atoms with E-state index in [-0.39, 0.29) is 6.61 Å². The molecule has 0 saturated heterocycles. The zero-order valence-electron chi connectivity index (χ0n) is 6.37. The van der Waals surface area contributed by atoms with E-state index in [1.807, 2.05) is 6.55 Å². The first-order chi connectivity index (χ1) is 5.20. The predicted molar refractivity (Wildman–Crippen MR) is 45.6 cm³/mol. The third kappa shape index (κ3) is 5.41. The Kier molecular flexibility index (Phi) is 5.19. The van der Waals surface area contributed by atoms with Gasteiger partial charge in [-0.3, -0.25) is 0 Å². The van der Waals surface area contributed by atoms with Crippen molar-refractivity contribution in [3.8, 4) is 0 Å². The van der Waals surface area contributed by atoms with Gasteiger partial charge in [0.2, 0.25) is 0 Å². The van der Waals surface area contributed by atoms with Crippen LogP contribution in [0.25, 0.3) is 0 Å². The first-order valence-electron chi connectivity index (χ1n) is 3.12. The van der Waals surface area contributed by atoms with Crippen LogP contribution in [-0.4, -0.2) is 32.6 Å². The minimum absolute atomic E-state index is 0.203. The van der Waals surface area contributed by atoms with Crippen molar-refractivity contribution in [1.82, 2.24) is 0 Å². The highest BCUT2D eigenvalue weighted by molar-refractivity contribution is 6.87. The lowest BCUT2D eigenvalue weighted by molar-refractivity contribution is -0.135. The van der Waals surface area contributed by atoms with E-state index in [0.717, 1.165) is 12.0 Å². The zero-order chi connectivity index (χ0) is 8.69. The molecule has 0 aliphatic heterocycles. The monoisotopic (exact) mass is 170 g/mol. The smallest absolute Gasteiger partial charge is 0.330 e. The molecule has 0 aliphatic carbocycles. The second-order valence-electron chi connectivity index (χ2n) is 1.90. The van der Waals surface area contributed by atoms with Crippen molar-refractivity contribution in [3.63, 3.8) is 0 Å². The Morgan fingerprint density at radius 1 is 1.73 bits per heavy atom. The van der Waals surface area contributed by atoms with Gasteiger partial charge >= 0.3 is 5.97 Å². The van der Waals surface area contributed by atoms with Crippen LogP contribution in [0.1, 0.15) is 0 Å². The summed E-state index contributed by atoms with van der Waals surface area (Å²) in [5, 5.41) is 0. The van der Waals surface area contributed by atoms with Crippen LogP contribution < -0.4 is 0 Å². The van der Waals surface area contributed by atoms with Crippen molar-refractivity contribution in [2.75, 3.05) is 6.61 Å². The van der Waals surface area contributed by atoms with Gasteiger partial charge in [-0.1, -0.05) is 12.3 Å². The first-order valence-corrected chi connectivity index (χ1v) is 5.27. The molecule has 3 nitrogen and oxygen atoms in total. The molecule has 0 amide bonds. The van der Waals surface area contributed by atoms with Gasteiger partial charge in [0.15, 0.2) is 0 Å². The highest BCUT2D eigenvalue weighted by atomic mass is 28.2. The molecule has 11 heavy (non-hydrogen) atoms. The second-order valence-corrected chi connectivity index (χ2v) is 4.03. The number of ether oxygens (including phenoxy) is 1. The SMILES string of the molecule is C=CC(=O)OCC=[Si](C)C=O. The number of carbonyl (C=O) groups is 2. The van der Waals surface area contributed by atoms with Gasteiger partial charge in [-0.05, 0) is 6.55 Å². The molecular weight excluding hydrogens is 160 g/mol. The molecule has 0 saturated carbocycles. The Balaban J connectivity index is 3.64. The van der Waals surface area contributed by atoms with E-state index in [1.165, 1.54) is 0 Å². The molecule has 0 bridgehead atoms. The minimum atomic E-state index is -1.05. The van der Waals surface area contributed by atoms with Gasteiger partial charge in [0.1, 0.15) is 12.5 Å². The largest absolute Gasteiger partial charge is 0.459 e. The summed E-state index contributed by atoms with van der Waals surface area (Å²) in [4.78, 5) is 20.5. The van der Waals surface area contributed by atoms with Crippen molar-refractivity contribution in [3.05, 3.63) is 12.7 Å². The van der Waals surface area contributed by atoms with Gasteiger partial charge in [0.25, 0.3) is 0 Å². The summed E-state index contributed by atoms with van der Waals surface area (Å²) in [6.07, 6.45) is 1.09. The van der Waals surface area contributed by atoms with Crippen LogP contribution in [0.15, 0.2) is 12.7 Å². The highest BCUT2D eigenvalue weighted by Crippen LogP contribution is 1.75. The molecule has 0 aromatic heterocycles. The van der Waals surface area contributed by atoms with E-state index in [1.54, 1.807) is 5.67 Å². The fraction of sp³-hybridized carbons (Fsp3) is 0.286. The zero-order valence-corrected chi connectivity index (χ0v) is 7.37. The van der Waals surface area contributed by atoms with E-state index in [2.05, 4.69) is 11.3 Å². The molecular formula is C7H10O3Si. The Bertz CT molecular complexity index is 196. The van der Waals surface area contributed by atoms with Gasteiger partial charge < -0.3 is 9.53 Å². The van der Waals surface area contributed by atoms with Crippen molar-refractivity contribution < 1.29 is 14.3 Å². The van der Waals surface area contributed by atoms with Crippen molar-refractivity contribution in [2.24, 2.45) is 0 Å². The summed E-state index contributed by atoms with van der Waals surface area (Å²) >= 11 is 0. The molecule has 0 fully saturated rings. The normalized spacial score (nSPS) is 10.5. The van der Waals surface area contributed by atoms with Gasteiger partial charge in [0.05, 0.1) is 8.41 Å². The molecule has 0 aromatic rings. The van der Waals surface area contributed by atoms with Crippen molar-refractivity contribution in [2.45, 2.75) is 6.55 Å². The lowest BCUT2D eigenvalue weighted by atomic mass is 10.6. The molecule has 60 valence electrons. The number of esters is 1. The maximum Gasteiger partial charge on any atom is 0.330 e. The summed E-state index contributed by atoms with van der Waals surface area (Å²) in [7, 11) is -1.05. The fourth-order valence-corrected chi connectivity index (χ4v) is 0.805. The minimum Gasteiger partial charge on any atom is -0.459 e. The quantitative estimate of drug-likeness (QED) is 0.258. The van der Waals surface area contributed by atoms with Crippen molar-refractivity contribution >= 4 is 26.0 Å². The van der Waals surface area contributed by atoms with E-state index in [9.17, 15) is 9.59 Å². The molecule has 0 aliphatic rings. The van der Waals surface area contributed by atoms with Gasteiger partial charge in [-0.25, -0.2) is 4.79 Å². The number of rotatable bonds is 4. The van der Waals surface area contributed by atoms with Crippen LogP contribution in [0.3, 0.4) is 0 Å². The van der Waals surface area contributed by atoms with Crippen LogP contribution in [0.2, 0.25) is 6.55 Å². The standard InChI is InChI=1S/C7H10O3Si/c1-3-7(9)10-4-5-11(2)6-8/h3,5-6H,1,4H2,2H3. The lowest BCUT2D eigenvalue weighted by Crippen LogP contribution is -2.09. The van der Waals surface area contributed by atoms with Gasteiger partial charge in [0, 0.05) is 6.08 Å². The molecule has 0 N–H and O–H groups in total. The topological polar surface area (TPSA) is 43.4 Å². The third-order valence-corrected chi connectivity index (χ3v) is 2.17. The Morgan fingerprint density at radius 2 is 2.36 bits per heavy atom. The van der Waals surface area contributed by atoms with Gasteiger partial charge in [-0.15, -0.1) is 0 Å². The van der Waals surface area contributed by atoms with Crippen LogP contribution >= 0.6 is 0 Å². The average Bonchev–Trinajstić information content (AvgIpc) is 2.04. The number of carbonyl (C=O) groups excluding carboxylic acids is 2. The lowest BCUT2D eigenvalue weighted by Gasteiger charge is -1.94. The Morgan fingerprint density at radius 3 is 2.82 bits per heavy atom. The second kappa shape index (κ2) is 5.73. The summed E-state index contributed by atoms with van der Waals surface area (Å²) in [5.41, 5.74) is 1.71. The third-order valence-electron chi connectivity index (χ3n) is 0.983. The summed E-state index contributed by atoms with van der Waals surface area (Å²) in [6, 6.07) is 0. The summed E-state index contributed by atoms with van der Waals surface area (Å²) in [6.45, 7) is 5.25. The molecule has 0 atom stereocenters. The molecule has 0 spiro atoms.